The summed E-state index contributed by atoms with van der Waals surface area (Å²) in [7, 11) is -3.05. The van der Waals surface area contributed by atoms with Gasteiger partial charge in [-0.1, -0.05) is 6.42 Å². The van der Waals surface area contributed by atoms with Gasteiger partial charge in [0.15, 0.2) is 0 Å². The fourth-order valence-corrected chi connectivity index (χ4v) is 2.59. The van der Waals surface area contributed by atoms with Gasteiger partial charge in [0.25, 0.3) is 0 Å². The van der Waals surface area contributed by atoms with Crippen molar-refractivity contribution < 1.29 is 8.42 Å². The minimum absolute atomic E-state index is 0.0157. The van der Waals surface area contributed by atoms with Gasteiger partial charge in [-0.3, -0.25) is 0 Å². The molecule has 1 N–H and O–H groups in total. The van der Waals surface area contributed by atoms with Crippen molar-refractivity contribution in [1.29, 1.82) is 0 Å². The molecule has 0 aliphatic rings. The van der Waals surface area contributed by atoms with Crippen molar-refractivity contribution in [3.8, 4) is 0 Å². The molecule has 0 atom stereocenters. The van der Waals surface area contributed by atoms with Crippen LogP contribution in [0.2, 0.25) is 0 Å². The van der Waals surface area contributed by atoms with E-state index in [2.05, 4.69) is 4.72 Å². The Morgan fingerprint density at radius 1 is 1.23 bits per heavy atom. The van der Waals surface area contributed by atoms with E-state index in [1.54, 1.807) is 0 Å². The number of sulfonamides is 1. The van der Waals surface area contributed by atoms with E-state index in [-0.39, 0.29) is 11.8 Å². The zero-order valence-electron chi connectivity index (χ0n) is 8.22. The molecule has 0 aromatic heterocycles. The number of rotatable bonds is 7. The summed E-state index contributed by atoms with van der Waals surface area (Å²) in [4.78, 5) is 0. The number of alkyl halides is 1. The molecular weight excluding hydrogens is 210 g/mol. The van der Waals surface area contributed by atoms with Crippen molar-refractivity contribution >= 4 is 21.6 Å². The number of hydrogen-bond acceptors (Lipinski definition) is 2. The fraction of sp³-hybridized carbons (Fsp3) is 1.00. The van der Waals surface area contributed by atoms with Gasteiger partial charge in [0.2, 0.25) is 10.0 Å². The lowest BCUT2D eigenvalue weighted by molar-refractivity contribution is 0.565. The summed E-state index contributed by atoms with van der Waals surface area (Å²) in [5.74, 6) is 0.819. The molecule has 80 valence electrons. The number of nitrogens with one attached hydrogen (secondary N) is 1. The first-order chi connectivity index (χ1) is 5.98. The predicted molar refractivity (Wildman–Crippen MR) is 56.6 cm³/mol. The highest BCUT2D eigenvalue weighted by molar-refractivity contribution is 7.89. The van der Waals surface area contributed by atoms with Gasteiger partial charge in [-0.25, -0.2) is 13.1 Å². The van der Waals surface area contributed by atoms with Gasteiger partial charge in [-0.05, 0) is 26.7 Å². The van der Waals surface area contributed by atoms with Gasteiger partial charge < -0.3 is 0 Å². The van der Waals surface area contributed by atoms with Gasteiger partial charge >= 0.3 is 0 Å². The lowest BCUT2D eigenvalue weighted by Crippen LogP contribution is -2.32. The molecule has 0 amide bonds. The van der Waals surface area contributed by atoms with E-state index in [4.69, 9.17) is 11.6 Å². The van der Waals surface area contributed by atoms with Crippen molar-refractivity contribution in [2.45, 2.75) is 39.2 Å². The zero-order chi connectivity index (χ0) is 10.3. The molecule has 0 aromatic carbocycles. The SMILES string of the molecule is CC(C)NS(=O)(=O)CCCCCCl. The highest BCUT2D eigenvalue weighted by Crippen LogP contribution is 2.00. The van der Waals surface area contributed by atoms with Gasteiger partial charge in [0, 0.05) is 11.9 Å². The molecule has 5 heteroatoms. The van der Waals surface area contributed by atoms with E-state index in [1.807, 2.05) is 13.8 Å². The first-order valence-corrected chi connectivity index (χ1v) is 6.72. The Bertz CT molecular complexity index is 214. The molecule has 3 nitrogen and oxygen atoms in total. The Kier molecular flexibility index (Phi) is 6.73. The second-order valence-electron chi connectivity index (χ2n) is 3.34. The van der Waals surface area contributed by atoms with Crippen molar-refractivity contribution in [3.63, 3.8) is 0 Å². The maximum atomic E-state index is 11.3. The predicted octanol–water partition coefficient (Wildman–Crippen LogP) is 1.72. The van der Waals surface area contributed by atoms with Crippen LogP contribution in [-0.2, 0) is 10.0 Å². The van der Waals surface area contributed by atoms with Crippen molar-refractivity contribution in [3.05, 3.63) is 0 Å². The summed E-state index contributed by atoms with van der Waals surface area (Å²) in [6, 6.07) is -0.0157. The highest BCUT2D eigenvalue weighted by atomic mass is 35.5. The third-order valence-corrected chi connectivity index (χ3v) is 3.39. The van der Waals surface area contributed by atoms with Crippen LogP contribution in [0.5, 0.6) is 0 Å². The molecule has 0 unspecified atom stereocenters. The first kappa shape index (κ1) is 13.2. The summed E-state index contributed by atoms with van der Waals surface area (Å²) in [5, 5.41) is 0. The van der Waals surface area contributed by atoms with E-state index >= 15 is 0 Å². The van der Waals surface area contributed by atoms with E-state index in [1.165, 1.54) is 0 Å². The van der Waals surface area contributed by atoms with Gasteiger partial charge in [0.05, 0.1) is 5.75 Å². The Hall–Kier alpha value is 0.200. The standard InChI is InChI=1S/C8H18ClNO2S/c1-8(2)10-13(11,12)7-5-3-4-6-9/h8,10H,3-7H2,1-2H3. The number of hydrogen-bond donors (Lipinski definition) is 1. The van der Waals surface area contributed by atoms with Crippen LogP contribution in [0.25, 0.3) is 0 Å². The molecule has 0 fully saturated rings. The van der Waals surface area contributed by atoms with Crippen LogP contribution in [0.4, 0.5) is 0 Å². The van der Waals surface area contributed by atoms with Crippen LogP contribution >= 0.6 is 11.6 Å². The quantitative estimate of drug-likeness (QED) is 0.532. The Balaban J connectivity index is 3.64. The van der Waals surface area contributed by atoms with E-state index in [9.17, 15) is 8.42 Å². The van der Waals surface area contributed by atoms with Crippen LogP contribution < -0.4 is 4.72 Å². The molecule has 0 heterocycles. The molecule has 0 saturated carbocycles. The average molecular weight is 228 g/mol. The summed E-state index contributed by atoms with van der Waals surface area (Å²) >= 11 is 5.47. The van der Waals surface area contributed by atoms with Crippen molar-refractivity contribution in [2.75, 3.05) is 11.6 Å². The number of halogens is 1. The molecule has 0 spiro atoms. The lowest BCUT2D eigenvalue weighted by atomic mass is 10.3. The van der Waals surface area contributed by atoms with Crippen LogP contribution in [0.15, 0.2) is 0 Å². The van der Waals surface area contributed by atoms with E-state index in [0.29, 0.717) is 12.3 Å². The fourth-order valence-electron chi connectivity index (χ4n) is 0.981. The molecule has 0 aromatic rings. The summed E-state index contributed by atoms with van der Waals surface area (Å²) in [5.41, 5.74) is 0. The molecule has 0 aliphatic carbocycles. The third-order valence-electron chi connectivity index (χ3n) is 1.46. The Morgan fingerprint density at radius 2 is 1.85 bits per heavy atom. The average Bonchev–Trinajstić information content (AvgIpc) is 1.95. The van der Waals surface area contributed by atoms with Gasteiger partial charge in [-0.2, -0.15) is 0 Å². The molecule has 0 bridgehead atoms. The monoisotopic (exact) mass is 227 g/mol. The second kappa shape index (κ2) is 6.62. The normalized spacial score (nSPS) is 12.3. The lowest BCUT2D eigenvalue weighted by Gasteiger charge is -2.08. The molecule has 0 rings (SSSR count). The maximum Gasteiger partial charge on any atom is 0.211 e. The summed E-state index contributed by atoms with van der Waals surface area (Å²) in [6.07, 6.45) is 2.45. The Labute approximate surface area is 85.9 Å². The number of unbranched alkanes of at least 4 members (excludes halogenated alkanes) is 2. The summed E-state index contributed by atoms with van der Waals surface area (Å²) in [6.45, 7) is 3.63. The first-order valence-electron chi connectivity index (χ1n) is 4.54. The molecular formula is C8H18ClNO2S. The minimum atomic E-state index is -3.05. The van der Waals surface area contributed by atoms with Crippen LogP contribution in [0.3, 0.4) is 0 Å². The van der Waals surface area contributed by atoms with E-state index in [0.717, 1.165) is 12.8 Å². The second-order valence-corrected chi connectivity index (χ2v) is 5.59. The maximum absolute atomic E-state index is 11.3. The molecule has 0 aliphatic heterocycles. The van der Waals surface area contributed by atoms with Crippen LogP contribution in [-0.4, -0.2) is 26.1 Å². The largest absolute Gasteiger partial charge is 0.213 e. The minimum Gasteiger partial charge on any atom is -0.213 e. The summed E-state index contributed by atoms with van der Waals surface area (Å²) < 4.78 is 25.1. The van der Waals surface area contributed by atoms with Crippen LogP contribution in [0, 0.1) is 0 Å². The zero-order valence-corrected chi connectivity index (χ0v) is 9.79. The van der Waals surface area contributed by atoms with Crippen molar-refractivity contribution in [2.24, 2.45) is 0 Å². The molecule has 0 radical (unpaired) electrons. The van der Waals surface area contributed by atoms with Crippen LogP contribution in [0.1, 0.15) is 33.1 Å². The third kappa shape index (κ3) is 8.53. The van der Waals surface area contributed by atoms with Gasteiger partial charge in [-0.15, -0.1) is 11.6 Å². The molecule has 13 heavy (non-hydrogen) atoms. The van der Waals surface area contributed by atoms with E-state index < -0.39 is 10.0 Å². The van der Waals surface area contributed by atoms with Gasteiger partial charge in [0.1, 0.15) is 0 Å². The molecule has 0 saturated heterocycles. The smallest absolute Gasteiger partial charge is 0.211 e. The van der Waals surface area contributed by atoms with Crippen molar-refractivity contribution in [1.82, 2.24) is 4.72 Å². The topological polar surface area (TPSA) is 46.2 Å². The highest BCUT2D eigenvalue weighted by Gasteiger charge is 2.10. The Morgan fingerprint density at radius 3 is 2.31 bits per heavy atom.